The summed E-state index contributed by atoms with van der Waals surface area (Å²) in [5.41, 5.74) is 0. The summed E-state index contributed by atoms with van der Waals surface area (Å²) in [6.07, 6.45) is 4.93. The average Bonchev–Trinajstić information content (AvgIpc) is 3.13. The van der Waals surface area contributed by atoms with E-state index in [1.54, 1.807) is 0 Å². The molecule has 3 rings (SSSR count). The molecule has 1 aromatic heterocycles. The van der Waals surface area contributed by atoms with Crippen molar-refractivity contribution in [2.75, 3.05) is 13.2 Å². The van der Waals surface area contributed by atoms with Gasteiger partial charge in [-0.3, -0.25) is 4.79 Å². The molecule has 0 radical (unpaired) electrons. The van der Waals surface area contributed by atoms with E-state index in [2.05, 4.69) is 28.6 Å². The second kappa shape index (κ2) is 6.13. The van der Waals surface area contributed by atoms with Crippen LogP contribution >= 0.6 is 0 Å². The quantitative estimate of drug-likeness (QED) is 0.847. The molecule has 1 aliphatic carbocycles. The maximum Gasteiger partial charge on any atom is 0.249 e. The summed E-state index contributed by atoms with van der Waals surface area (Å²) in [7, 11) is 0. The SMILES string of the molecule is CC(C)c1nnc2n1CCN(C(=O)COC1CCCC1)C2. The van der Waals surface area contributed by atoms with E-state index < -0.39 is 0 Å². The summed E-state index contributed by atoms with van der Waals surface area (Å²) in [4.78, 5) is 14.1. The van der Waals surface area contributed by atoms with Crippen molar-refractivity contribution in [2.45, 2.75) is 64.6 Å². The van der Waals surface area contributed by atoms with Crippen LogP contribution in [0.4, 0.5) is 0 Å². The third-order valence-electron chi connectivity index (χ3n) is 4.40. The van der Waals surface area contributed by atoms with Gasteiger partial charge in [0.05, 0.1) is 12.6 Å². The van der Waals surface area contributed by atoms with Gasteiger partial charge in [0, 0.05) is 19.0 Å². The topological polar surface area (TPSA) is 60.2 Å². The molecule has 1 amide bonds. The van der Waals surface area contributed by atoms with Crippen molar-refractivity contribution < 1.29 is 9.53 Å². The summed E-state index contributed by atoms with van der Waals surface area (Å²) in [6, 6.07) is 0. The second-order valence-electron chi connectivity index (χ2n) is 6.31. The number of rotatable bonds is 4. The molecule has 6 nitrogen and oxygen atoms in total. The van der Waals surface area contributed by atoms with Crippen LogP contribution < -0.4 is 0 Å². The van der Waals surface area contributed by atoms with E-state index in [0.717, 1.165) is 37.6 Å². The Morgan fingerprint density at radius 2 is 2.05 bits per heavy atom. The van der Waals surface area contributed by atoms with Gasteiger partial charge in [0.2, 0.25) is 5.91 Å². The van der Waals surface area contributed by atoms with Gasteiger partial charge in [0.25, 0.3) is 0 Å². The van der Waals surface area contributed by atoms with E-state index in [-0.39, 0.29) is 18.6 Å². The van der Waals surface area contributed by atoms with Gasteiger partial charge in [-0.25, -0.2) is 0 Å². The number of hydrogen-bond acceptors (Lipinski definition) is 4. The first-order chi connectivity index (χ1) is 10.1. The third-order valence-corrected chi connectivity index (χ3v) is 4.40. The maximum absolute atomic E-state index is 12.2. The molecule has 2 heterocycles. The van der Waals surface area contributed by atoms with E-state index in [9.17, 15) is 4.79 Å². The highest BCUT2D eigenvalue weighted by Crippen LogP contribution is 2.21. The fourth-order valence-electron chi connectivity index (χ4n) is 3.16. The molecule has 0 unspecified atom stereocenters. The zero-order chi connectivity index (χ0) is 14.8. The van der Waals surface area contributed by atoms with Gasteiger partial charge in [-0.2, -0.15) is 0 Å². The average molecular weight is 292 g/mol. The summed E-state index contributed by atoms with van der Waals surface area (Å²) in [6.45, 7) is 6.49. The van der Waals surface area contributed by atoms with Crippen molar-refractivity contribution in [1.82, 2.24) is 19.7 Å². The van der Waals surface area contributed by atoms with Gasteiger partial charge in [-0.05, 0) is 12.8 Å². The standard InChI is InChI=1S/C15H24N4O2/c1-11(2)15-17-16-13-9-18(7-8-19(13)15)14(20)10-21-12-5-3-4-6-12/h11-12H,3-10H2,1-2H3. The van der Waals surface area contributed by atoms with Crippen LogP contribution in [-0.2, 0) is 22.6 Å². The zero-order valence-corrected chi connectivity index (χ0v) is 12.9. The number of carbonyl (C=O) groups excluding carboxylic acids is 1. The lowest BCUT2D eigenvalue weighted by Gasteiger charge is -2.28. The number of nitrogens with zero attached hydrogens (tertiary/aromatic N) is 4. The van der Waals surface area contributed by atoms with Gasteiger partial charge < -0.3 is 14.2 Å². The minimum atomic E-state index is 0.0715. The van der Waals surface area contributed by atoms with Gasteiger partial charge in [-0.1, -0.05) is 26.7 Å². The summed E-state index contributed by atoms with van der Waals surface area (Å²) in [5.74, 6) is 2.33. The summed E-state index contributed by atoms with van der Waals surface area (Å²) < 4.78 is 7.86. The van der Waals surface area contributed by atoms with Crippen LogP contribution in [0.2, 0.25) is 0 Å². The van der Waals surface area contributed by atoms with Crippen molar-refractivity contribution in [1.29, 1.82) is 0 Å². The first-order valence-electron chi connectivity index (χ1n) is 7.96. The van der Waals surface area contributed by atoms with Crippen molar-refractivity contribution in [2.24, 2.45) is 0 Å². The zero-order valence-electron chi connectivity index (χ0n) is 12.9. The van der Waals surface area contributed by atoms with E-state index in [4.69, 9.17) is 4.74 Å². The van der Waals surface area contributed by atoms with Crippen molar-refractivity contribution in [3.05, 3.63) is 11.6 Å². The minimum Gasteiger partial charge on any atom is -0.368 e. The van der Waals surface area contributed by atoms with Crippen LogP contribution in [0.3, 0.4) is 0 Å². The Morgan fingerprint density at radius 3 is 2.76 bits per heavy atom. The van der Waals surface area contributed by atoms with Crippen LogP contribution in [0.15, 0.2) is 0 Å². The number of amides is 1. The van der Waals surface area contributed by atoms with E-state index in [1.807, 2.05) is 4.90 Å². The fraction of sp³-hybridized carbons (Fsp3) is 0.800. The molecule has 0 bridgehead atoms. The Kier molecular flexibility index (Phi) is 4.24. The Morgan fingerprint density at radius 1 is 1.29 bits per heavy atom. The van der Waals surface area contributed by atoms with Gasteiger partial charge >= 0.3 is 0 Å². The van der Waals surface area contributed by atoms with Crippen molar-refractivity contribution >= 4 is 5.91 Å². The molecule has 1 fully saturated rings. The second-order valence-corrected chi connectivity index (χ2v) is 6.31. The molecular weight excluding hydrogens is 268 g/mol. The number of aromatic nitrogens is 3. The van der Waals surface area contributed by atoms with Gasteiger partial charge in [0.1, 0.15) is 12.4 Å². The molecule has 0 aromatic carbocycles. The molecule has 0 spiro atoms. The normalized spacial score (nSPS) is 19.3. The van der Waals surface area contributed by atoms with Crippen LogP contribution in [0, 0.1) is 0 Å². The Bertz CT molecular complexity index is 506. The number of fused-ring (bicyclic) bond motifs is 1. The number of hydrogen-bond donors (Lipinski definition) is 0. The Balaban J connectivity index is 1.56. The smallest absolute Gasteiger partial charge is 0.249 e. The van der Waals surface area contributed by atoms with Gasteiger partial charge in [0.15, 0.2) is 5.82 Å². The van der Waals surface area contributed by atoms with E-state index in [1.165, 1.54) is 12.8 Å². The maximum atomic E-state index is 12.2. The van der Waals surface area contributed by atoms with E-state index >= 15 is 0 Å². The number of ether oxygens (including phenoxy) is 1. The van der Waals surface area contributed by atoms with Crippen LogP contribution in [0.1, 0.15) is 57.1 Å². The number of carbonyl (C=O) groups is 1. The molecule has 21 heavy (non-hydrogen) atoms. The van der Waals surface area contributed by atoms with Crippen molar-refractivity contribution in [3.8, 4) is 0 Å². The minimum absolute atomic E-state index is 0.0715. The summed E-state index contributed by atoms with van der Waals surface area (Å²) in [5, 5.41) is 8.47. The molecule has 1 saturated carbocycles. The highest BCUT2D eigenvalue weighted by Gasteiger charge is 2.26. The van der Waals surface area contributed by atoms with Gasteiger partial charge in [-0.15, -0.1) is 10.2 Å². The first kappa shape index (κ1) is 14.5. The molecule has 6 heteroatoms. The molecule has 0 atom stereocenters. The molecule has 0 N–H and O–H groups in total. The highest BCUT2D eigenvalue weighted by atomic mass is 16.5. The molecule has 1 aromatic rings. The lowest BCUT2D eigenvalue weighted by Crippen LogP contribution is -2.41. The van der Waals surface area contributed by atoms with Crippen LogP contribution in [0.25, 0.3) is 0 Å². The molecule has 2 aliphatic rings. The molecule has 0 saturated heterocycles. The third kappa shape index (κ3) is 3.10. The molecule has 1 aliphatic heterocycles. The van der Waals surface area contributed by atoms with E-state index in [0.29, 0.717) is 12.5 Å². The Hall–Kier alpha value is -1.43. The Labute approximate surface area is 125 Å². The largest absolute Gasteiger partial charge is 0.368 e. The first-order valence-corrected chi connectivity index (χ1v) is 7.96. The molecular formula is C15H24N4O2. The predicted molar refractivity (Wildman–Crippen MR) is 77.7 cm³/mol. The monoisotopic (exact) mass is 292 g/mol. The lowest BCUT2D eigenvalue weighted by atomic mass is 10.2. The highest BCUT2D eigenvalue weighted by molar-refractivity contribution is 5.77. The summed E-state index contributed by atoms with van der Waals surface area (Å²) >= 11 is 0. The predicted octanol–water partition coefficient (Wildman–Crippen LogP) is 1.70. The lowest BCUT2D eigenvalue weighted by molar-refractivity contribution is -0.139. The van der Waals surface area contributed by atoms with Crippen molar-refractivity contribution in [3.63, 3.8) is 0 Å². The van der Waals surface area contributed by atoms with Crippen LogP contribution in [-0.4, -0.2) is 44.8 Å². The fourth-order valence-corrected chi connectivity index (χ4v) is 3.16. The molecule has 116 valence electrons. The van der Waals surface area contributed by atoms with Crippen LogP contribution in [0.5, 0.6) is 0 Å².